The Morgan fingerprint density at radius 3 is 2.60 bits per heavy atom. The van der Waals surface area contributed by atoms with Gasteiger partial charge in [0.15, 0.2) is 0 Å². The van der Waals surface area contributed by atoms with E-state index in [1.807, 2.05) is 24.3 Å². The van der Waals surface area contributed by atoms with Crippen molar-refractivity contribution in [2.24, 2.45) is 0 Å². The number of carbonyl (C=O) groups excluding carboxylic acids is 1. The average molecular weight is 271 g/mol. The lowest BCUT2D eigenvalue weighted by molar-refractivity contribution is 0.102. The number of amides is 1. The molecular formula is C15H17N3O2. The summed E-state index contributed by atoms with van der Waals surface area (Å²) in [6.07, 6.45) is 2.20. The van der Waals surface area contributed by atoms with Gasteiger partial charge in [-0.05, 0) is 36.2 Å². The maximum absolute atomic E-state index is 12.1. The van der Waals surface area contributed by atoms with E-state index < -0.39 is 0 Å². The summed E-state index contributed by atoms with van der Waals surface area (Å²) >= 11 is 0. The second kappa shape index (κ2) is 6.68. The second-order valence-electron chi connectivity index (χ2n) is 4.30. The van der Waals surface area contributed by atoms with Crippen molar-refractivity contribution in [1.29, 1.82) is 0 Å². The first-order valence-electron chi connectivity index (χ1n) is 6.38. The van der Waals surface area contributed by atoms with Crippen LogP contribution < -0.4 is 10.6 Å². The summed E-state index contributed by atoms with van der Waals surface area (Å²) in [5.41, 5.74) is 2.92. The number of aliphatic hydroxyl groups excluding tert-OH is 1. The molecule has 1 heterocycles. The van der Waals surface area contributed by atoms with Crippen molar-refractivity contribution in [2.75, 3.05) is 24.3 Å². The summed E-state index contributed by atoms with van der Waals surface area (Å²) in [7, 11) is 1.79. The monoisotopic (exact) mass is 271 g/mol. The van der Waals surface area contributed by atoms with Gasteiger partial charge >= 0.3 is 0 Å². The zero-order chi connectivity index (χ0) is 14.4. The fraction of sp³-hybridized carbons (Fsp3) is 0.200. The van der Waals surface area contributed by atoms with E-state index in [0.29, 0.717) is 17.8 Å². The molecule has 0 radical (unpaired) electrons. The third-order valence-corrected chi connectivity index (χ3v) is 2.89. The molecule has 1 amide bonds. The Hall–Kier alpha value is -2.40. The molecule has 1 aromatic carbocycles. The molecule has 1 aromatic heterocycles. The van der Waals surface area contributed by atoms with Gasteiger partial charge < -0.3 is 15.7 Å². The zero-order valence-electron chi connectivity index (χ0n) is 11.3. The summed E-state index contributed by atoms with van der Waals surface area (Å²) < 4.78 is 0. The number of nitrogens with zero attached hydrogens (tertiary/aromatic N) is 1. The van der Waals surface area contributed by atoms with Gasteiger partial charge in [0.25, 0.3) is 5.91 Å². The number of aliphatic hydroxyl groups is 1. The molecule has 0 aliphatic rings. The molecule has 0 unspecified atom stereocenters. The highest BCUT2D eigenvalue weighted by Gasteiger charge is 2.08. The molecule has 20 heavy (non-hydrogen) atoms. The van der Waals surface area contributed by atoms with Crippen LogP contribution in [-0.2, 0) is 6.42 Å². The second-order valence-corrected chi connectivity index (χ2v) is 4.30. The predicted octanol–water partition coefficient (Wildman–Crippen LogP) is 1.91. The number of nitrogens with one attached hydrogen (secondary N) is 2. The Balaban J connectivity index is 2.06. The third kappa shape index (κ3) is 3.55. The van der Waals surface area contributed by atoms with Crippen LogP contribution in [0.4, 0.5) is 11.4 Å². The van der Waals surface area contributed by atoms with Crippen LogP contribution in [0.5, 0.6) is 0 Å². The summed E-state index contributed by atoms with van der Waals surface area (Å²) in [5, 5.41) is 14.6. The first kappa shape index (κ1) is 14.0. The highest BCUT2D eigenvalue weighted by Crippen LogP contribution is 2.12. The highest BCUT2D eigenvalue weighted by atomic mass is 16.2. The number of aromatic nitrogens is 1. The van der Waals surface area contributed by atoms with Crippen LogP contribution in [0.15, 0.2) is 42.6 Å². The molecule has 0 atom stereocenters. The van der Waals surface area contributed by atoms with Crippen LogP contribution in [0.25, 0.3) is 0 Å². The number of benzene rings is 1. The largest absolute Gasteiger partial charge is 0.396 e. The summed E-state index contributed by atoms with van der Waals surface area (Å²) in [6, 6.07) is 10.9. The predicted molar refractivity (Wildman–Crippen MR) is 79.0 cm³/mol. The number of pyridine rings is 1. The average Bonchev–Trinajstić information content (AvgIpc) is 2.49. The molecule has 0 saturated carbocycles. The maximum atomic E-state index is 12.1. The molecule has 104 valence electrons. The van der Waals surface area contributed by atoms with Crippen molar-refractivity contribution >= 4 is 17.3 Å². The van der Waals surface area contributed by atoms with E-state index in [1.165, 1.54) is 0 Å². The van der Waals surface area contributed by atoms with Gasteiger partial charge in [0, 0.05) is 31.2 Å². The number of hydrogen-bond acceptors (Lipinski definition) is 4. The molecule has 5 heteroatoms. The van der Waals surface area contributed by atoms with Crippen LogP contribution in [-0.4, -0.2) is 29.7 Å². The van der Waals surface area contributed by atoms with Gasteiger partial charge in [-0.1, -0.05) is 12.1 Å². The lowest BCUT2D eigenvalue weighted by Crippen LogP contribution is -2.13. The maximum Gasteiger partial charge on any atom is 0.274 e. The normalized spacial score (nSPS) is 10.1. The molecule has 2 rings (SSSR count). The van der Waals surface area contributed by atoms with Crippen LogP contribution >= 0.6 is 0 Å². The van der Waals surface area contributed by atoms with E-state index >= 15 is 0 Å². The Bertz CT molecular complexity index is 582. The van der Waals surface area contributed by atoms with Gasteiger partial charge in [0.2, 0.25) is 0 Å². The third-order valence-electron chi connectivity index (χ3n) is 2.89. The molecule has 0 fully saturated rings. The van der Waals surface area contributed by atoms with Crippen LogP contribution in [0.2, 0.25) is 0 Å². The van der Waals surface area contributed by atoms with Crippen molar-refractivity contribution in [3.63, 3.8) is 0 Å². The van der Waals surface area contributed by atoms with Gasteiger partial charge in [-0.15, -0.1) is 0 Å². The van der Waals surface area contributed by atoms with Crippen molar-refractivity contribution in [1.82, 2.24) is 4.98 Å². The fourth-order valence-electron chi connectivity index (χ4n) is 1.79. The molecule has 0 saturated heterocycles. The van der Waals surface area contributed by atoms with Crippen LogP contribution in [0.1, 0.15) is 16.1 Å². The first-order valence-corrected chi connectivity index (χ1v) is 6.38. The number of anilines is 2. The van der Waals surface area contributed by atoms with E-state index in [9.17, 15) is 4.79 Å². The minimum atomic E-state index is -0.253. The summed E-state index contributed by atoms with van der Waals surface area (Å²) in [4.78, 5) is 16.1. The Morgan fingerprint density at radius 1 is 1.20 bits per heavy atom. The van der Waals surface area contributed by atoms with E-state index in [2.05, 4.69) is 15.6 Å². The highest BCUT2D eigenvalue weighted by molar-refractivity contribution is 6.03. The Morgan fingerprint density at radius 2 is 1.95 bits per heavy atom. The van der Waals surface area contributed by atoms with Crippen molar-refractivity contribution < 1.29 is 9.90 Å². The quantitative estimate of drug-likeness (QED) is 0.776. The molecule has 0 aliphatic carbocycles. The summed E-state index contributed by atoms with van der Waals surface area (Å²) in [5.74, 6) is -0.253. The van der Waals surface area contributed by atoms with Gasteiger partial charge in [0.1, 0.15) is 5.69 Å². The lowest BCUT2D eigenvalue weighted by Gasteiger charge is -2.07. The van der Waals surface area contributed by atoms with Crippen molar-refractivity contribution in [2.45, 2.75) is 6.42 Å². The van der Waals surface area contributed by atoms with Gasteiger partial charge in [-0.2, -0.15) is 0 Å². The fourth-order valence-corrected chi connectivity index (χ4v) is 1.79. The number of rotatable bonds is 5. The van der Waals surface area contributed by atoms with Crippen LogP contribution in [0.3, 0.4) is 0 Å². The van der Waals surface area contributed by atoms with Gasteiger partial charge in [-0.3, -0.25) is 9.78 Å². The molecule has 2 aromatic rings. The lowest BCUT2D eigenvalue weighted by atomic mass is 10.1. The topological polar surface area (TPSA) is 74.2 Å². The Labute approximate surface area is 117 Å². The zero-order valence-corrected chi connectivity index (χ0v) is 11.3. The standard InChI is InChI=1S/C15H17N3O2/c1-16-13-6-8-17-14(10-13)15(20)18-12-4-2-11(3-5-12)7-9-19/h2-6,8,10,19H,7,9H2,1H3,(H,16,17)(H,18,20). The Kier molecular flexibility index (Phi) is 4.68. The van der Waals surface area contributed by atoms with E-state index in [4.69, 9.17) is 5.11 Å². The smallest absolute Gasteiger partial charge is 0.274 e. The molecule has 0 spiro atoms. The minimum Gasteiger partial charge on any atom is -0.396 e. The molecule has 0 bridgehead atoms. The molecule has 0 aliphatic heterocycles. The van der Waals surface area contributed by atoms with Gasteiger partial charge in [0.05, 0.1) is 0 Å². The molecule has 5 nitrogen and oxygen atoms in total. The molecular weight excluding hydrogens is 254 g/mol. The molecule has 3 N–H and O–H groups in total. The van der Waals surface area contributed by atoms with E-state index in [-0.39, 0.29) is 12.5 Å². The first-order chi connectivity index (χ1) is 9.72. The van der Waals surface area contributed by atoms with Gasteiger partial charge in [-0.25, -0.2) is 0 Å². The SMILES string of the molecule is CNc1ccnc(C(=O)Nc2ccc(CCO)cc2)c1. The van der Waals surface area contributed by atoms with Crippen LogP contribution in [0, 0.1) is 0 Å². The minimum absolute atomic E-state index is 0.117. The van der Waals surface area contributed by atoms with Crippen molar-refractivity contribution in [3.05, 3.63) is 53.9 Å². The van der Waals surface area contributed by atoms with E-state index in [0.717, 1.165) is 11.3 Å². The number of carbonyl (C=O) groups is 1. The number of hydrogen-bond donors (Lipinski definition) is 3. The summed E-state index contributed by atoms with van der Waals surface area (Å²) in [6.45, 7) is 0.117. The van der Waals surface area contributed by atoms with E-state index in [1.54, 1.807) is 25.4 Å². The van der Waals surface area contributed by atoms with Crippen molar-refractivity contribution in [3.8, 4) is 0 Å².